The lowest BCUT2D eigenvalue weighted by molar-refractivity contribution is -0.143. The number of carbonyl (C=O) groups is 2. The predicted octanol–water partition coefficient (Wildman–Crippen LogP) is 17.3. The lowest BCUT2D eigenvalue weighted by Crippen LogP contribution is -2.45. The van der Waals surface area contributed by atoms with Crippen LogP contribution in [0, 0.1) is 0 Å². The van der Waals surface area contributed by atoms with Crippen LogP contribution >= 0.6 is 0 Å². The number of aliphatic hydroxyl groups is 2. The molecule has 0 saturated carbocycles. The molecule has 2 unspecified atom stereocenters. The Morgan fingerprint density at radius 3 is 1.17 bits per heavy atom. The van der Waals surface area contributed by atoms with E-state index in [4.69, 9.17) is 4.74 Å². The summed E-state index contributed by atoms with van der Waals surface area (Å²) in [6.07, 6.45) is 62.0. The molecule has 0 aliphatic carbocycles. The van der Waals surface area contributed by atoms with Gasteiger partial charge in [-0.1, -0.05) is 270 Å². The van der Waals surface area contributed by atoms with E-state index < -0.39 is 12.1 Å². The van der Waals surface area contributed by atoms with Crippen LogP contribution in [-0.4, -0.2) is 47.4 Å². The number of rotatable bonds is 53. The van der Waals surface area contributed by atoms with Crippen molar-refractivity contribution in [1.29, 1.82) is 0 Å². The van der Waals surface area contributed by atoms with E-state index in [0.29, 0.717) is 25.9 Å². The fourth-order valence-corrected chi connectivity index (χ4v) is 8.92. The second-order valence-corrected chi connectivity index (χ2v) is 19.6. The van der Waals surface area contributed by atoms with Crippen LogP contribution in [0.25, 0.3) is 0 Å². The van der Waals surface area contributed by atoms with Crippen LogP contribution in [0.15, 0.2) is 12.2 Å². The van der Waals surface area contributed by atoms with Gasteiger partial charge in [-0.25, -0.2) is 0 Å². The Kier molecular flexibility index (Phi) is 52.0. The minimum Gasteiger partial charge on any atom is -0.466 e. The van der Waals surface area contributed by atoms with Crippen molar-refractivity contribution in [3.63, 3.8) is 0 Å². The normalized spacial score (nSPS) is 12.6. The monoisotopic (exact) mass is 890 g/mol. The molecule has 0 radical (unpaired) electrons. The summed E-state index contributed by atoms with van der Waals surface area (Å²) >= 11 is 0. The van der Waals surface area contributed by atoms with E-state index in [1.807, 2.05) is 0 Å². The molecule has 3 N–H and O–H groups in total. The number of allylic oxidation sites excluding steroid dienone is 2. The first kappa shape index (κ1) is 61.6. The van der Waals surface area contributed by atoms with Gasteiger partial charge in [-0.15, -0.1) is 0 Å². The van der Waals surface area contributed by atoms with E-state index in [1.54, 1.807) is 0 Å². The number of ether oxygens (including phenoxy) is 1. The van der Waals surface area contributed by atoms with Gasteiger partial charge < -0.3 is 20.3 Å². The van der Waals surface area contributed by atoms with Crippen LogP contribution in [0.3, 0.4) is 0 Å². The molecular weight excluding hydrogens is 779 g/mol. The second kappa shape index (κ2) is 53.2. The maximum absolute atomic E-state index is 12.5. The van der Waals surface area contributed by atoms with Gasteiger partial charge in [-0.3, -0.25) is 9.59 Å². The van der Waals surface area contributed by atoms with Crippen molar-refractivity contribution in [3.8, 4) is 0 Å². The Bertz CT molecular complexity index is 939. The lowest BCUT2D eigenvalue weighted by atomic mass is 10.0. The molecule has 2 atom stereocenters. The van der Waals surface area contributed by atoms with Crippen molar-refractivity contribution in [3.05, 3.63) is 12.2 Å². The second-order valence-electron chi connectivity index (χ2n) is 19.6. The Morgan fingerprint density at radius 2 is 0.762 bits per heavy atom. The topological polar surface area (TPSA) is 95.9 Å². The summed E-state index contributed by atoms with van der Waals surface area (Å²) in [4.78, 5) is 24.5. The van der Waals surface area contributed by atoms with Gasteiger partial charge in [0.2, 0.25) is 5.91 Å². The molecular formula is C57H111NO5. The number of unbranched alkanes of at least 4 members (excludes halogenated alkanes) is 40. The van der Waals surface area contributed by atoms with E-state index in [9.17, 15) is 19.8 Å². The molecule has 0 aliphatic rings. The van der Waals surface area contributed by atoms with Crippen molar-refractivity contribution >= 4 is 11.9 Å². The minimum atomic E-state index is -0.666. The van der Waals surface area contributed by atoms with Gasteiger partial charge in [0.05, 0.1) is 25.4 Å². The van der Waals surface area contributed by atoms with Crippen molar-refractivity contribution in [2.24, 2.45) is 0 Å². The number of esters is 1. The fourth-order valence-electron chi connectivity index (χ4n) is 8.92. The first-order valence-corrected chi connectivity index (χ1v) is 28.4. The summed E-state index contributed by atoms with van der Waals surface area (Å²) in [5.74, 6) is -0.0400. The standard InChI is InChI=1S/C57H111NO5/c1-3-5-7-9-11-13-15-16-17-20-23-26-30-33-37-41-45-49-55(60)54(53-59)58-56(61)50-46-42-38-34-31-27-24-21-18-19-22-25-28-32-36-40-44-48-52-63-57(62)51-47-43-39-35-29-14-12-10-8-6-4-2/h10,12,54-55,59-60H,3-9,11,13-53H2,1-2H3,(H,58,61)/b12-10-. The molecule has 0 bridgehead atoms. The van der Waals surface area contributed by atoms with Gasteiger partial charge >= 0.3 is 5.97 Å². The molecule has 1 amide bonds. The summed E-state index contributed by atoms with van der Waals surface area (Å²) in [7, 11) is 0. The third-order valence-electron chi connectivity index (χ3n) is 13.3. The SMILES string of the molecule is CCCC/C=C\CCCCCCCC(=O)OCCCCCCCCCCCCCCCCCCCCC(=O)NC(CO)C(O)CCCCCCCCCCCCCCCCCCC. The Balaban J connectivity index is 3.41. The molecule has 0 aromatic heterocycles. The maximum Gasteiger partial charge on any atom is 0.305 e. The van der Waals surface area contributed by atoms with Crippen molar-refractivity contribution in [1.82, 2.24) is 5.32 Å². The quantitative estimate of drug-likeness (QED) is 0.0321. The highest BCUT2D eigenvalue weighted by Gasteiger charge is 2.20. The summed E-state index contributed by atoms with van der Waals surface area (Å²) < 4.78 is 5.45. The molecule has 0 heterocycles. The van der Waals surface area contributed by atoms with Crippen molar-refractivity contribution in [2.45, 2.75) is 328 Å². The fraction of sp³-hybridized carbons (Fsp3) is 0.930. The Morgan fingerprint density at radius 1 is 0.429 bits per heavy atom. The van der Waals surface area contributed by atoms with Gasteiger partial charge in [0, 0.05) is 12.8 Å². The highest BCUT2D eigenvalue weighted by atomic mass is 16.5. The van der Waals surface area contributed by atoms with E-state index in [-0.39, 0.29) is 18.5 Å². The number of nitrogens with one attached hydrogen (secondary N) is 1. The molecule has 374 valence electrons. The number of hydrogen-bond acceptors (Lipinski definition) is 5. The van der Waals surface area contributed by atoms with Gasteiger partial charge in [-0.2, -0.15) is 0 Å². The summed E-state index contributed by atoms with van der Waals surface area (Å²) in [5, 5.41) is 23.3. The molecule has 6 nitrogen and oxygen atoms in total. The summed E-state index contributed by atoms with van der Waals surface area (Å²) in [6.45, 7) is 4.92. The molecule has 63 heavy (non-hydrogen) atoms. The van der Waals surface area contributed by atoms with Crippen LogP contribution in [-0.2, 0) is 14.3 Å². The van der Waals surface area contributed by atoms with Crippen LogP contribution in [0.2, 0.25) is 0 Å². The lowest BCUT2D eigenvalue weighted by Gasteiger charge is -2.22. The predicted molar refractivity (Wildman–Crippen MR) is 273 cm³/mol. The van der Waals surface area contributed by atoms with Gasteiger partial charge in [0.15, 0.2) is 0 Å². The molecule has 0 saturated heterocycles. The number of amides is 1. The molecule has 6 heteroatoms. The van der Waals surface area contributed by atoms with E-state index >= 15 is 0 Å². The smallest absolute Gasteiger partial charge is 0.305 e. The first-order chi connectivity index (χ1) is 31.0. The van der Waals surface area contributed by atoms with Crippen molar-refractivity contribution < 1.29 is 24.5 Å². The Hall–Kier alpha value is -1.40. The maximum atomic E-state index is 12.5. The highest BCUT2D eigenvalue weighted by molar-refractivity contribution is 5.76. The average Bonchev–Trinajstić information content (AvgIpc) is 3.28. The van der Waals surface area contributed by atoms with Crippen LogP contribution < -0.4 is 5.32 Å². The molecule has 0 fully saturated rings. The van der Waals surface area contributed by atoms with Gasteiger partial charge in [-0.05, 0) is 44.9 Å². The highest BCUT2D eigenvalue weighted by Crippen LogP contribution is 2.18. The van der Waals surface area contributed by atoms with Crippen LogP contribution in [0.1, 0.15) is 316 Å². The third kappa shape index (κ3) is 49.9. The number of hydrogen-bond donors (Lipinski definition) is 3. The molecule has 0 aliphatic heterocycles. The average molecular weight is 891 g/mol. The Labute approximate surface area is 393 Å². The number of aliphatic hydroxyl groups excluding tert-OH is 2. The largest absolute Gasteiger partial charge is 0.466 e. The van der Waals surface area contributed by atoms with Crippen LogP contribution in [0.5, 0.6) is 0 Å². The summed E-state index contributed by atoms with van der Waals surface area (Å²) in [5.41, 5.74) is 0. The zero-order valence-electron chi connectivity index (χ0n) is 42.6. The van der Waals surface area contributed by atoms with Gasteiger partial charge in [0.25, 0.3) is 0 Å². The molecule has 0 aromatic rings. The minimum absolute atomic E-state index is 0.00325. The van der Waals surface area contributed by atoms with E-state index in [1.165, 1.54) is 238 Å². The first-order valence-electron chi connectivity index (χ1n) is 28.4. The van der Waals surface area contributed by atoms with Crippen LogP contribution in [0.4, 0.5) is 0 Å². The molecule has 0 rings (SSSR count). The van der Waals surface area contributed by atoms with Crippen molar-refractivity contribution in [2.75, 3.05) is 13.2 Å². The molecule has 0 spiro atoms. The third-order valence-corrected chi connectivity index (χ3v) is 13.3. The zero-order chi connectivity index (χ0) is 45.8. The van der Waals surface area contributed by atoms with Gasteiger partial charge in [0.1, 0.15) is 0 Å². The van der Waals surface area contributed by atoms with E-state index in [0.717, 1.165) is 44.9 Å². The van der Waals surface area contributed by atoms with E-state index in [2.05, 4.69) is 31.3 Å². The number of carbonyl (C=O) groups excluding carboxylic acids is 2. The zero-order valence-corrected chi connectivity index (χ0v) is 42.6. The summed E-state index contributed by atoms with van der Waals surface area (Å²) in [6, 6.07) is -0.544. The molecule has 0 aromatic carbocycles.